The Morgan fingerprint density at radius 1 is 0.960 bits per heavy atom. The summed E-state index contributed by atoms with van der Waals surface area (Å²) in [5, 5.41) is 0. The van der Waals surface area contributed by atoms with Gasteiger partial charge in [0.1, 0.15) is 5.75 Å². The number of benzene rings is 2. The molecule has 0 aliphatic rings. The molecule has 0 spiro atoms. The summed E-state index contributed by atoms with van der Waals surface area (Å²) in [7, 11) is 0. The maximum atomic E-state index is 5.82. The van der Waals surface area contributed by atoms with E-state index in [1.165, 1.54) is 5.56 Å². The quantitative estimate of drug-likeness (QED) is 0.420. The molecule has 0 aromatic heterocycles. The number of nitrogens with one attached hydrogen (secondary N) is 2. The van der Waals surface area contributed by atoms with Crippen LogP contribution in [0.3, 0.4) is 0 Å². The minimum absolute atomic E-state index is 0.748. The molecule has 0 amide bonds. The van der Waals surface area contributed by atoms with E-state index in [9.17, 15) is 0 Å². The van der Waals surface area contributed by atoms with Crippen LogP contribution in [0, 0.1) is 0 Å². The second-order valence-corrected chi connectivity index (χ2v) is 6.77. The Kier molecular flexibility index (Phi) is 8.80. The van der Waals surface area contributed by atoms with Crippen LogP contribution < -0.4 is 15.6 Å². The standard InChI is InChI=1S/C20H28BrN3O/c1-3-24(4-2)14-5-15-25-20-12-6-17(7-13-20)16-22-23-19-10-8-18(21)9-11-19/h6-13,22-23H,3-5,14-16H2,1-2H3. The molecule has 0 bridgehead atoms. The Morgan fingerprint density at radius 2 is 1.64 bits per heavy atom. The first-order chi connectivity index (χ1) is 12.2. The Labute approximate surface area is 159 Å². The zero-order valence-electron chi connectivity index (χ0n) is 15.1. The lowest BCUT2D eigenvalue weighted by Gasteiger charge is -2.17. The van der Waals surface area contributed by atoms with Crippen molar-refractivity contribution in [2.75, 3.05) is 31.7 Å². The molecule has 0 heterocycles. The molecule has 136 valence electrons. The molecule has 0 aliphatic carbocycles. The number of ether oxygens (including phenoxy) is 1. The van der Waals surface area contributed by atoms with Gasteiger partial charge in [0, 0.05) is 23.2 Å². The lowest BCUT2D eigenvalue weighted by molar-refractivity contribution is 0.249. The summed E-state index contributed by atoms with van der Waals surface area (Å²) < 4.78 is 6.89. The van der Waals surface area contributed by atoms with Gasteiger partial charge in [0.25, 0.3) is 0 Å². The van der Waals surface area contributed by atoms with Crippen LogP contribution in [0.2, 0.25) is 0 Å². The zero-order valence-corrected chi connectivity index (χ0v) is 16.7. The number of rotatable bonds is 11. The second kappa shape index (κ2) is 11.1. The molecule has 2 rings (SSSR count). The summed E-state index contributed by atoms with van der Waals surface area (Å²) in [6.07, 6.45) is 1.06. The van der Waals surface area contributed by atoms with E-state index in [4.69, 9.17) is 4.74 Å². The predicted molar refractivity (Wildman–Crippen MR) is 109 cm³/mol. The van der Waals surface area contributed by atoms with Crippen LogP contribution in [-0.4, -0.2) is 31.1 Å². The summed E-state index contributed by atoms with van der Waals surface area (Å²) in [5.74, 6) is 0.934. The van der Waals surface area contributed by atoms with E-state index < -0.39 is 0 Å². The van der Waals surface area contributed by atoms with E-state index >= 15 is 0 Å². The Bertz CT molecular complexity index is 597. The first kappa shape index (κ1) is 19.8. The van der Waals surface area contributed by atoms with Crippen molar-refractivity contribution in [2.24, 2.45) is 0 Å². The molecular weight excluding hydrogens is 378 g/mol. The number of anilines is 1. The molecule has 0 aliphatic heterocycles. The maximum absolute atomic E-state index is 5.82. The maximum Gasteiger partial charge on any atom is 0.119 e. The van der Waals surface area contributed by atoms with Crippen LogP contribution in [0.1, 0.15) is 25.8 Å². The average Bonchev–Trinajstić information content (AvgIpc) is 2.65. The van der Waals surface area contributed by atoms with Crippen molar-refractivity contribution in [1.29, 1.82) is 0 Å². The summed E-state index contributed by atoms with van der Waals surface area (Å²) in [6.45, 7) is 9.21. The monoisotopic (exact) mass is 405 g/mol. The number of hydrazine groups is 1. The largest absolute Gasteiger partial charge is 0.494 e. The fourth-order valence-electron chi connectivity index (χ4n) is 2.50. The van der Waals surface area contributed by atoms with E-state index in [-0.39, 0.29) is 0 Å². The van der Waals surface area contributed by atoms with Crippen molar-refractivity contribution in [3.63, 3.8) is 0 Å². The second-order valence-electron chi connectivity index (χ2n) is 5.86. The van der Waals surface area contributed by atoms with Crippen molar-refractivity contribution >= 4 is 21.6 Å². The molecule has 0 unspecified atom stereocenters. The fraction of sp³-hybridized carbons (Fsp3) is 0.400. The van der Waals surface area contributed by atoms with E-state index in [0.29, 0.717) is 0 Å². The molecular formula is C20H28BrN3O. The summed E-state index contributed by atoms with van der Waals surface area (Å²) in [4.78, 5) is 2.41. The molecule has 0 radical (unpaired) electrons. The van der Waals surface area contributed by atoms with Crippen molar-refractivity contribution in [2.45, 2.75) is 26.8 Å². The zero-order chi connectivity index (χ0) is 17.9. The number of hydrogen-bond donors (Lipinski definition) is 2. The fourth-order valence-corrected chi connectivity index (χ4v) is 2.77. The smallest absolute Gasteiger partial charge is 0.119 e. The minimum Gasteiger partial charge on any atom is -0.494 e. The molecule has 2 N–H and O–H groups in total. The van der Waals surface area contributed by atoms with Crippen LogP contribution in [0.25, 0.3) is 0 Å². The lowest BCUT2D eigenvalue weighted by Crippen LogP contribution is -2.25. The molecule has 0 atom stereocenters. The first-order valence-electron chi connectivity index (χ1n) is 8.89. The average molecular weight is 406 g/mol. The molecule has 2 aromatic rings. The first-order valence-corrected chi connectivity index (χ1v) is 9.69. The van der Waals surface area contributed by atoms with Gasteiger partial charge in [0.15, 0.2) is 0 Å². The van der Waals surface area contributed by atoms with Crippen molar-refractivity contribution in [3.05, 3.63) is 58.6 Å². The Hall–Kier alpha value is -1.56. The van der Waals surface area contributed by atoms with E-state index in [2.05, 4.69) is 57.7 Å². The molecule has 2 aromatic carbocycles. The Morgan fingerprint density at radius 3 is 2.28 bits per heavy atom. The van der Waals surface area contributed by atoms with Crippen LogP contribution in [-0.2, 0) is 6.54 Å². The van der Waals surface area contributed by atoms with E-state index in [1.807, 2.05) is 36.4 Å². The van der Waals surface area contributed by atoms with E-state index in [0.717, 1.165) is 55.1 Å². The highest BCUT2D eigenvalue weighted by molar-refractivity contribution is 9.10. The SMILES string of the molecule is CCN(CC)CCCOc1ccc(CNNc2ccc(Br)cc2)cc1. The van der Waals surface area contributed by atoms with Gasteiger partial charge in [-0.3, -0.25) is 0 Å². The van der Waals surface area contributed by atoms with Gasteiger partial charge in [-0.25, -0.2) is 5.43 Å². The highest BCUT2D eigenvalue weighted by atomic mass is 79.9. The molecule has 0 fully saturated rings. The van der Waals surface area contributed by atoms with Gasteiger partial charge in [0.2, 0.25) is 0 Å². The highest BCUT2D eigenvalue weighted by Gasteiger charge is 2.00. The van der Waals surface area contributed by atoms with Crippen molar-refractivity contribution in [1.82, 2.24) is 10.3 Å². The summed E-state index contributed by atoms with van der Waals surface area (Å²) in [5.41, 5.74) is 8.66. The molecule has 0 saturated carbocycles. The number of hydrogen-bond acceptors (Lipinski definition) is 4. The Balaban J connectivity index is 1.66. The van der Waals surface area contributed by atoms with Gasteiger partial charge in [0.05, 0.1) is 6.61 Å². The number of halogens is 1. The van der Waals surface area contributed by atoms with Crippen molar-refractivity contribution < 1.29 is 4.74 Å². The van der Waals surface area contributed by atoms with Crippen LogP contribution >= 0.6 is 15.9 Å². The predicted octanol–water partition coefficient (Wildman–Crippen LogP) is 4.68. The minimum atomic E-state index is 0.748. The normalized spacial score (nSPS) is 10.9. The van der Waals surface area contributed by atoms with Crippen molar-refractivity contribution in [3.8, 4) is 5.75 Å². The third-order valence-corrected chi connectivity index (χ3v) is 4.60. The van der Waals surface area contributed by atoms with Gasteiger partial charge < -0.3 is 15.1 Å². The highest BCUT2D eigenvalue weighted by Crippen LogP contribution is 2.14. The van der Waals surface area contributed by atoms with Gasteiger partial charge >= 0.3 is 0 Å². The third-order valence-electron chi connectivity index (χ3n) is 4.07. The van der Waals surface area contributed by atoms with Crippen LogP contribution in [0.15, 0.2) is 53.0 Å². The molecule has 4 nitrogen and oxygen atoms in total. The summed E-state index contributed by atoms with van der Waals surface area (Å²) in [6, 6.07) is 16.3. The van der Waals surface area contributed by atoms with Gasteiger partial charge in [-0.2, -0.15) is 0 Å². The summed E-state index contributed by atoms with van der Waals surface area (Å²) >= 11 is 3.43. The third kappa shape index (κ3) is 7.46. The lowest BCUT2D eigenvalue weighted by atomic mass is 10.2. The van der Waals surface area contributed by atoms with Crippen LogP contribution in [0.5, 0.6) is 5.75 Å². The van der Waals surface area contributed by atoms with Gasteiger partial charge in [-0.1, -0.05) is 41.9 Å². The topological polar surface area (TPSA) is 36.5 Å². The van der Waals surface area contributed by atoms with E-state index in [1.54, 1.807) is 0 Å². The molecule has 25 heavy (non-hydrogen) atoms. The van der Waals surface area contributed by atoms with Crippen LogP contribution in [0.4, 0.5) is 5.69 Å². The molecule has 5 heteroatoms. The number of nitrogens with zero attached hydrogens (tertiary/aromatic N) is 1. The molecule has 0 saturated heterocycles. The van der Waals surface area contributed by atoms with Gasteiger partial charge in [-0.15, -0.1) is 0 Å². The van der Waals surface area contributed by atoms with Gasteiger partial charge in [-0.05, 0) is 61.5 Å².